The third-order valence-corrected chi connectivity index (χ3v) is 7.82. The summed E-state index contributed by atoms with van der Waals surface area (Å²) in [7, 11) is 3.68. The number of pyridine rings is 1. The van der Waals surface area contributed by atoms with Gasteiger partial charge in [-0.15, -0.1) is 0 Å². The zero-order valence-electron chi connectivity index (χ0n) is 20.5. The van der Waals surface area contributed by atoms with Crippen LogP contribution in [0.1, 0.15) is 31.0 Å². The van der Waals surface area contributed by atoms with Gasteiger partial charge in [-0.05, 0) is 51.1 Å². The molecule has 0 aliphatic carbocycles. The van der Waals surface area contributed by atoms with Gasteiger partial charge < -0.3 is 24.4 Å². The fourth-order valence-corrected chi connectivity index (χ4v) is 6.24. The van der Waals surface area contributed by atoms with Gasteiger partial charge in [0.05, 0.1) is 24.5 Å². The summed E-state index contributed by atoms with van der Waals surface area (Å²) in [5.41, 5.74) is 2.00. The van der Waals surface area contributed by atoms with Crippen molar-refractivity contribution in [3.8, 4) is 11.1 Å². The molecule has 3 aliphatic heterocycles. The number of piperidine rings is 1. The molecule has 0 unspecified atom stereocenters. The van der Waals surface area contributed by atoms with Crippen LogP contribution in [0, 0.1) is 11.8 Å². The Morgan fingerprint density at radius 3 is 2.40 bits per heavy atom. The fourth-order valence-electron chi connectivity index (χ4n) is 6.24. The van der Waals surface area contributed by atoms with E-state index in [1.165, 1.54) is 0 Å². The van der Waals surface area contributed by atoms with Crippen LogP contribution < -0.4 is 5.56 Å². The van der Waals surface area contributed by atoms with E-state index in [9.17, 15) is 19.5 Å². The summed E-state index contributed by atoms with van der Waals surface area (Å²) in [5, 5.41) is 10.5. The zero-order valence-corrected chi connectivity index (χ0v) is 20.5. The number of fused-ring (bicyclic) bond motifs is 4. The minimum Gasteiger partial charge on any atom is -0.396 e. The second-order valence-electron chi connectivity index (χ2n) is 10.3. The van der Waals surface area contributed by atoms with Crippen LogP contribution in [0.15, 0.2) is 47.3 Å². The maximum Gasteiger partial charge on any atom is 0.258 e. The molecule has 2 saturated heterocycles. The van der Waals surface area contributed by atoms with Crippen LogP contribution in [-0.4, -0.2) is 82.6 Å². The number of likely N-dealkylation sites (tertiary alicyclic amines) is 1. The van der Waals surface area contributed by atoms with Crippen LogP contribution in [0.3, 0.4) is 0 Å². The van der Waals surface area contributed by atoms with Gasteiger partial charge in [0.2, 0.25) is 11.8 Å². The Morgan fingerprint density at radius 2 is 1.74 bits per heavy atom. The maximum atomic E-state index is 13.9. The Bertz CT molecular complexity index is 1160. The van der Waals surface area contributed by atoms with Gasteiger partial charge in [-0.2, -0.15) is 0 Å². The molecule has 4 heterocycles. The Kier molecular flexibility index (Phi) is 6.51. The molecule has 4 atom stereocenters. The number of nitrogens with zero attached hydrogens (tertiary/aromatic N) is 4. The number of carbonyl (C=O) groups is 2. The summed E-state index contributed by atoms with van der Waals surface area (Å²) in [6, 6.07) is 12.3. The van der Waals surface area contributed by atoms with E-state index >= 15 is 0 Å². The van der Waals surface area contributed by atoms with Gasteiger partial charge in [0.25, 0.3) is 5.56 Å². The molecule has 8 nitrogen and oxygen atoms in total. The van der Waals surface area contributed by atoms with Gasteiger partial charge in [0, 0.05) is 43.4 Å². The van der Waals surface area contributed by atoms with E-state index in [1.54, 1.807) is 9.47 Å². The topological polar surface area (TPSA) is 86.1 Å². The first kappa shape index (κ1) is 23.8. The molecule has 1 aromatic heterocycles. The van der Waals surface area contributed by atoms with E-state index in [2.05, 4.69) is 0 Å². The summed E-state index contributed by atoms with van der Waals surface area (Å²) in [5.74, 6) is -1.07. The number of aromatic nitrogens is 1. The highest BCUT2D eigenvalue weighted by Gasteiger charge is 2.58. The molecule has 2 fully saturated rings. The Labute approximate surface area is 205 Å². The van der Waals surface area contributed by atoms with Crippen molar-refractivity contribution in [2.45, 2.75) is 37.9 Å². The van der Waals surface area contributed by atoms with Crippen LogP contribution in [0.25, 0.3) is 11.1 Å². The van der Waals surface area contributed by atoms with Gasteiger partial charge in [0.1, 0.15) is 0 Å². The van der Waals surface area contributed by atoms with E-state index in [4.69, 9.17) is 0 Å². The van der Waals surface area contributed by atoms with Crippen LogP contribution >= 0.6 is 0 Å². The number of aliphatic hydroxyl groups excluding tert-OH is 1. The smallest absolute Gasteiger partial charge is 0.258 e. The second kappa shape index (κ2) is 9.59. The normalized spacial score (nSPS) is 25.6. The predicted octanol–water partition coefficient (Wildman–Crippen LogP) is 1.58. The minimum atomic E-state index is -0.565. The van der Waals surface area contributed by atoms with Gasteiger partial charge in [-0.1, -0.05) is 30.3 Å². The summed E-state index contributed by atoms with van der Waals surface area (Å²) in [6.07, 6.45) is 3.05. The number of aliphatic hydroxyl groups is 1. The quantitative estimate of drug-likeness (QED) is 0.705. The van der Waals surface area contributed by atoms with Crippen molar-refractivity contribution in [2.24, 2.45) is 11.8 Å². The van der Waals surface area contributed by atoms with Crippen LogP contribution in [0.5, 0.6) is 0 Å². The van der Waals surface area contributed by atoms with Gasteiger partial charge in [0.15, 0.2) is 0 Å². The van der Waals surface area contributed by atoms with Crippen molar-refractivity contribution in [3.05, 3.63) is 58.5 Å². The summed E-state index contributed by atoms with van der Waals surface area (Å²) in [6.45, 7) is 1.69. The molecule has 5 rings (SSSR count). The highest BCUT2D eigenvalue weighted by Crippen LogP contribution is 2.49. The molecule has 2 bridgehead atoms. The number of hydrogen-bond acceptors (Lipinski definition) is 5. The summed E-state index contributed by atoms with van der Waals surface area (Å²) >= 11 is 0. The van der Waals surface area contributed by atoms with E-state index in [0.29, 0.717) is 24.3 Å². The molecule has 0 radical (unpaired) electrons. The first-order valence-electron chi connectivity index (χ1n) is 12.6. The average Bonchev–Trinajstić information content (AvgIpc) is 3.11. The summed E-state index contributed by atoms with van der Waals surface area (Å²) < 4.78 is 1.74. The lowest BCUT2D eigenvalue weighted by Gasteiger charge is -2.39. The third kappa shape index (κ3) is 4.08. The lowest BCUT2D eigenvalue weighted by atomic mass is 9.85. The number of amides is 2. The number of rotatable bonds is 5. The SMILES string of the molecule is CN(C)CC(=O)N1[C@@H]2Cn3c(ccc(-c4ccccc4)c3=O)[C@H]1[C@@H](C(=O)N1CCCCC1)[C@@H]2CO. The van der Waals surface area contributed by atoms with Crippen molar-refractivity contribution in [2.75, 3.05) is 40.3 Å². The summed E-state index contributed by atoms with van der Waals surface area (Å²) in [4.78, 5) is 46.5. The number of benzene rings is 1. The molecule has 2 aromatic rings. The van der Waals surface area contributed by atoms with Crippen LogP contribution in [0.2, 0.25) is 0 Å². The molecular formula is C27H34N4O4. The molecule has 0 spiro atoms. The van der Waals surface area contributed by atoms with E-state index in [1.807, 2.05) is 66.4 Å². The Hall–Kier alpha value is -2.97. The molecule has 186 valence electrons. The Morgan fingerprint density at radius 1 is 1.03 bits per heavy atom. The lowest BCUT2D eigenvalue weighted by Crippen LogP contribution is -2.51. The Balaban J connectivity index is 1.62. The predicted molar refractivity (Wildman–Crippen MR) is 133 cm³/mol. The van der Waals surface area contributed by atoms with Gasteiger partial charge in [-0.25, -0.2) is 0 Å². The molecule has 1 aromatic carbocycles. The van der Waals surface area contributed by atoms with Gasteiger partial charge in [-0.3, -0.25) is 14.4 Å². The average molecular weight is 479 g/mol. The molecule has 8 heteroatoms. The van der Waals surface area contributed by atoms with Crippen LogP contribution in [0.4, 0.5) is 0 Å². The zero-order chi connectivity index (χ0) is 24.7. The van der Waals surface area contributed by atoms with Crippen LogP contribution in [-0.2, 0) is 16.1 Å². The molecule has 3 aliphatic rings. The van der Waals surface area contributed by atoms with Crippen molar-refractivity contribution in [1.29, 1.82) is 0 Å². The third-order valence-electron chi connectivity index (χ3n) is 7.82. The first-order chi connectivity index (χ1) is 16.9. The molecule has 35 heavy (non-hydrogen) atoms. The standard InChI is InChI=1S/C27H34N4O4/c1-28(2)16-23(33)31-22-15-30-21(12-11-19(26(30)34)18-9-5-3-6-10-18)25(31)24(20(22)17-32)27(35)29-13-7-4-8-14-29/h3,5-6,9-12,20,22,24-25,32H,4,7-8,13-17H2,1-2H3/t20-,22-,24+,25+/m1/s1. The van der Waals surface area contributed by atoms with Crippen molar-refractivity contribution >= 4 is 11.8 Å². The molecule has 1 N–H and O–H groups in total. The van der Waals surface area contributed by atoms with Gasteiger partial charge >= 0.3 is 0 Å². The van der Waals surface area contributed by atoms with E-state index < -0.39 is 23.9 Å². The maximum absolute atomic E-state index is 13.9. The lowest BCUT2D eigenvalue weighted by molar-refractivity contribution is -0.141. The largest absolute Gasteiger partial charge is 0.396 e. The molecule has 2 amide bonds. The second-order valence-corrected chi connectivity index (χ2v) is 10.3. The van der Waals surface area contributed by atoms with Crippen molar-refractivity contribution in [3.63, 3.8) is 0 Å². The monoisotopic (exact) mass is 478 g/mol. The number of carbonyl (C=O) groups excluding carboxylic acids is 2. The fraction of sp³-hybridized carbons (Fsp3) is 0.519. The first-order valence-corrected chi connectivity index (χ1v) is 12.6. The van der Waals surface area contributed by atoms with E-state index in [0.717, 1.165) is 24.8 Å². The molecular weight excluding hydrogens is 444 g/mol. The highest BCUT2D eigenvalue weighted by atomic mass is 16.3. The van der Waals surface area contributed by atoms with E-state index in [-0.39, 0.29) is 37.1 Å². The van der Waals surface area contributed by atoms with Crippen molar-refractivity contribution < 1.29 is 14.7 Å². The van der Waals surface area contributed by atoms with Crippen molar-refractivity contribution in [1.82, 2.24) is 19.3 Å². The minimum absolute atomic E-state index is 0.00746. The number of likely N-dealkylation sites (N-methyl/N-ethyl adjacent to an activating group) is 1. The molecule has 0 saturated carbocycles. The highest BCUT2D eigenvalue weighted by molar-refractivity contribution is 5.85. The number of hydrogen-bond donors (Lipinski definition) is 1.